The van der Waals surface area contributed by atoms with Crippen LogP contribution in [-0.4, -0.2) is 9.78 Å². The van der Waals surface area contributed by atoms with Gasteiger partial charge in [0.1, 0.15) is 0 Å². The van der Waals surface area contributed by atoms with Crippen LogP contribution in [-0.2, 0) is 6.54 Å². The van der Waals surface area contributed by atoms with Crippen molar-refractivity contribution in [2.24, 2.45) is 0 Å². The van der Waals surface area contributed by atoms with Crippen LogP contribution >= 0.6 is 11.3 Å². The first kappa shape index (κ1) is 12.9. The number of anilines is 1. The van der Waals surface area contributed by atoms with Gasteiger partial charge in [-0.25, -0.2) is 0 Å². The van der Waals surface area contributed by atoms with Gasteiger partial charge in [-0.1, -0.05) is 18.2 Å². The molecule has 0 bridgehead atoms. The molecule has 3 aromatic rings. The molecule has 1 aromatic carbocycles. The predicted molar refractivity (Wildman–Crippen MR) is 84.1 cm³/mol. The first-order valence-electron chi connectivity index (χ1n) is 6.67. The SMILES string of the molecule is CC(Nc1ccccc1Cn1cccn1)c1ccsc1. The van der Waals surface area contributed by atoms with Crippen molar-refractivity contribution < 1.29 is 0 Å². The van der Waals surface area contributed by atoms with Crippen LogP contribution < -0.4 is 5.32 Å². The molecule has 0 radical (unpaired) electrons. The van der Waals surface area contributed by atoms with Crippen molar-refractivity contribution in [3.8, 4) is 0 Å². The zero-order chi connectivity index (χ0) is 13.8. The molecule has 20 heavy (non-hydrogen) atoms. The Labute approximate surface area is 122 Å². The zero-order valence-electron chi connectivity index (χ0n) is 11.4. The molecule has 1 N–H and O–H groups in total. The van der Waals surface area contributed by atoms with Crippen LogP contribution in [0.25, 0.3) is 0 Å². The highest BCUT2D eigenvalue weighted by atomic mass is 32.1. The predicted octanol–water partition coefficient (Wildman–Crippen LogP) is 4.17. The van der Waals surface area contributed by atoms with E-state index in [0.717, 1.165) is 6.54 Å². The summed E-state index contributed by atoms with van der Waals surface area (Å²) in [5, 5.41) is 12.2. The Hall–Kier alpha value is -2.07. The molecule has 102 valence electrons. The zero-order valence-corrected chi connectivity index (χ0v) is 12.2. The lowest BCUT2D eigenvalue weighted by atomic mass is 10.1. The Kier molecular flexibility index (Phi) is 3.83. The number of nitrogens with zero attached hydrogens (tertiary/aromatic N) is 2. The minimum Gasteiger partial charge on any atom is -0.378 e. The Morgan fingerprint density at radius 3 is 2.90 bits per heavy atom. The van der Waals surface area contributed by atoms with Gasteiger partial charge in [-0.05, 0) is 47.0 Å². The summed E-state index contributed by atoms with van der Waals surface area (Å²) in [6.45, 7) is 2.97. The molecule has 1 atom stereocenters. The molecule has 4 heteroatoms. The van der Waals surface area contributed by atoms with Gasteiger partial charge in [0.2, 0.25) is 0 Å². The average Bonchev–Trinajstić information content (AvgIpc) is 3.13. The standard InChI is InChI=1S/C16H17N3S/c1-13(15-7-10-20-12-15)18-16-6-3-2-5-14(16)11-19-9-4-8-17-19/h2-10,12-13,18H,11H2,1H3. The summed E-state index contributed by atoms with van der Waals surface area (Å²) in [7, 11) is 0. The van der Waals surface area contributed by atoms with Crippen LogP contribution in [0.2, 0.25) is 0 Å². The number of nitrogens with one attached hydrogen (secondary N) is 1. The molecule has 0 amide bonds. The first-order valence-corrected chi connectivity index (χ1v) is 7.61. The fraction of sp³-hybridized carbons (Fsp3) is 0.188. The smallest absolute Gasteiger partial charge is 0.0679 e. The molecular weight excluding hydrogens is 266 g/mol. The second-order valence-electron chi connectivity index (χ2n) is 4.78. The molecule has 0 fully saturated rings. The fourth-order valence-corrected chi connectivity index (χ4v) is 2.96. The molecule has 3 nitrogen and oxygen atoms in total. The van der Waals surface area contributed by atoms with Gasteiger partial charge >= 0.3 is 0 Å². The second-order valence-corrected chi connectivity index (χ2v) is 5.56. The maximum atomic E-state index is 4.27. The van der Waals surface area contributed by atoms with E-state index in [1.165, 1.54) is 16.8 Å². The van der Waals surface area contributed by atoms with Crippen LogP contribution in [0.15, 0.2) is 59.6 Å². The van der Waals surface area contributed by atoms with Crippen LogP contribution in [0, 0.1) is 0 Å². The topological polar surface area (TPSA) is 29.9 Å². The third-order valence-electron chi connectivity index (χ3n) is 3.32. The van der Waals surface area contributed by atoms with Gasteiger partial charge in [0.05, 0.1) is 6.54 Å². The van der Waals surface area contributed by atoms with Crippen molar-refractivity contribution >= 4 is 17.0 Å². The quantitative estimate of drug-likeness (QED) is 0.761. The molecule has 1 unspecified atom stereocenters. The van der Waals surface area contributed by atoms with Crippen LogP contribution in [0.5, 0.6) is 0 Å². The van der Waals surface area contributed by atoms with Crippen LogP contribution in [0.3, 0.4) is 0 Å². The van der Waals surface area contributed by atoms with Crippen LogP contribution in [0.4, 0.5) is 5.69 Å². The van der Waals surface area contributed by atoms with Crippen molar-refractivity contribution in [1.29, 1.82) is 0 Å². The molecule has 0 saturated heterocycles. The average molecular weight is 283 g/mol. The number of hydrogen-bond acceptors (Lipinski definition) is 3. The van der Waals surface area contributed by atoms with Gasteiger partial charge in [-0.2, -0.15) is 16.4 Å². The summed E-state index contributed by atoms with van der Waals surface area (Å²) >= 11 is 1.73. The maximum absolute atomic E-state index is 4.27. The van der Waals surface area contributed by atoms with Crippen molar-refractivity contribution in [2.75, 3.05) is 5.32 Å². The van der Waals surface area contributed by atoms with E-state index in [1.54, 1.807) is 11.3 Å². The number of aromatic nitrogens is 2. The van der Waals surface area contributed by atoms with E-state index in [9.17, 15) is 0 Å². The van der Waals surface area contributed by atoms with Gasteiger partial charge in [0.15, 0.2) is 0 Å². The van der Waals surface area contributed by atoms with Crippen molar-refractivity contribution in [2.45, 2.75) is 19.5 Å². The van der Waals surface area contributed by atoms with Crippen molar-refractivity contribution in [1.82, 2.24) is 9.78 Å². The fourth-order valence-electron chi connectivity index (χ4n) is 2.21. The Morgan fingerprint density at radius 1 is 1.25 bits per heavy atom. The summed E-state index contributed by atoms with van der Waals surface area (Å²) in [5.74, 6) is 0. The van der Waals surface area contributed by atoms with Crippen molar-refractivity contribution in [3.63, 3.8) is 0 Å². The summed E-state index contributed by atoms with van der Waals surface area (Å²) in [6, 6.07) is 12.8. The summed E-state index contributed by atoms with van der Waals surface area (Å²) < 4.78 is 1.94. The minimum absolute atomic E-state index is 0.306. The Balaban J connectivity index is 1.79. The van der Waals surface area contributed by atoms with E-state index in [4.69, 9.17) is 0 Å². The molecular formula is C16H17N3S. The van der Waals surface area contributed by atoms with Crippen molar-refractivity contribution in [3.05, 3.63) is 70.7 Å². The van der Waals surface area contributed by atoms with E-state index in [2.05, 4.69) is 58.4 Å². The molecule has 0 aliphatic rings. The van der Waals surface area contributed by atoms with Gasteiger partial charge in [0.25, 0.3) is 0 Å². The number of benzene rings is 1. The third kappa shape index (κ3) is 2.91. The molecule has 0 aliphatic carbocycles. The molecule has 0 spiro atoms. The lowest BCUT2D eigenvalue weighted by Crippen LogP contribution is -2.09. The van der Waals surface area contributed by atoms with Gasteiger partial charge in [-0.15, -0.1) is 0 Å². The molecule has 0 saturated carbocycles. The lowest BCUT2D eigenvalue weighted by molar-refractivity contribution is 0.686. The highest BCUT2D eigenvalue weighted by molar-refractivity contribution is 7.07. The Bertz CT molecular complexity index is 644. The van der Waals surface area contributed by atoms with Gasteiger partial charge in [-0.3, -0.25) is 4.68 Å². The summed E-state index contributed by atoms with van der Waals surface area (Å²) in [6.07, 6.45) is 3.79. The number of para-hydroxylation sites is 1. The molecule has 2 aromatic heterocycles. The maximum Gasteiger partial charge on any atom is 0.0679 e. The summed E-state index contributed by atoms with van der Waals surface area (Å²) in [4.78, 5) is 0. The molecule has 0 aliphatic heterocycles. The number of rotatable bonds is 5. The second kappa shape index (κ2) is 5.92. The number of hydrogen-bond donors (Lipinski definition) is 1. The van der Waals surface area contributed by atoms with Gasteiger partial charge in [0, 0.05) is 24.1 Å². The van der Waals surface area contributed by atoms with E-state index in [1.807, 2.05) is 23.1 Å². The lowest BCUT2D eigenvalue weighted by Gasteiger charge is -2.17. The van der Waals surface area contributed by atoms with E-state index < -0.39 is 0 Å². The first-order chi connectivity index (χ1) is 9.83. The van der Waals surface area contributed by atoms with E-state index >= 15 is 0 Å². The normalized spacial score (nSPS) is 12.2. The third-order valence-corrected chi connectivity index (χ3v) is 4.03. The molecule has 2 heterocycles. The monoisotopic (exact) mass is 283 g/mol. The Morgan fingerprint density at radius 2 is 2.15 bits per heavy atom. The molecule has 3 rings (SSSR count). The highest BCUT2D eigenvalue weighted by Crippen LogP contribution is 2.24. The minimum atomic E-state index is 0.306. The number of thiophene rings is 1. The largest absolute Gasteiger partial charge is 0.378 e. The van der Waals surface area contributed by atoms with E-state index in [0.29, 0.717) is 6.04 Å². The highest BCUT2D eigenvalue weighted by Gasteiger charge is 2.08. The van der Waals surface area contributed by atoms with Gasteiger partial charge < -0.3 is 5.32 Å². The van der Waals surface area contributed by atoms with E-state index in [-0.39, 0.29) is 0 Å². The van der Waals surface area contributed by atoms with Crippen LogP contribution in [0.1, 0.15) is 24.1 Å². The summed E-state index contributed by atoms with van der Waals surface area (Å²) in [5.41, 5.74) is 3.74.